The van der Waals surface area contributed by atoms with E-state index in [9.17, 15) is 0 Å². The van der Waals surface area contributed by atoms with Gasteiger partial charge in [0.25, 0.3) is 0 Å². The fourth-order valence-corrected chi connectivity index (χ4v) is 1.67. The van der Waals surface area contributed by atoms with Crippen LogP contribution in [0.15, 0.2) is 6.07 Å². The van der Waals surface area contributed by atoms with Crippen molar-refractivity contribution < 1.29 is 9.47 Å². The molecule has 1 N–H and O–H groups in total. The molecule has 1 aromatic heterocycles. The quantitative estimate of drug-likeness (QED) is 0.865. The maximum absolute atomic E-state index is 5.79. The van der Waals surface area contributed by atoms with E-state index >= 15 is 0 Å². The summed E-state index contributed by atoms with van der Waals surface area (Å²) in [6.07, 6.45) is 1.05. The fraction of sp³-hybridized carbons (Fsp3) is 0.667. The van der Waals surface area contributed by atoms with Gasteiger partial charge < -0.3 is 14.8 Å². The molecular weight excluding hydrogens is 218 g/mol. The van der Waals surface area contributed by atoms with Gasteiger partial charge in [-0.15, -0.1) is 0 Å². The van der Waals surface area contributed by atoms with E-state index in [-0.39, 0.29) is 12.0 Å². The third-order valence-corrected chi connectivity index (χ3v) is 2.67. The lowest BCUT2D eigenvalue weighted by atomic mass is 10.2. The van der Waals surface area contributed by atoms with Gasteiger partial charge in [0.15, 0.2) is 0 Å². The summed E-state index contributed by atoms with van der Waals surface area (Å²) < 4.78 is 11.1. The molecule has 0 aliphatic carbocycles. The van der Waals surface area contributed by atoms with E-state index in [0.29, 0.717) is 12.5 Å². The maximum Gasteiger partial charge on any atom is 0.219 e. The zero-order chi connectivity index (χ0) is 12.3. The smallest absolute Gasteiger partial charge is 0.219 e. The molecule has 1 saturated heterocycles. The monoisotopic (exact) mass is 237 g/mol. The third-order valence-electron chi connectivity index (χ3n) is 2.67. The molecule has 94 valence electrons. The van der Waals surface area contributed by atoms with Crippen LogP contribution in [0.4, 0.5) is 5.82 Å². The number of hydrogen-bond acceptors (Lipinski definition) is 5. The average molecular weight is 237 g/mol. The Kier molecular flexibility index (Phi) is 3.78. The van der Waals surface area contributed by atoms with Crippen LogP contribution in [0.25, 0.3) is 0 Å². The Bertz CT molecular complexity index is 376. The maximum atomic E-state index is 5.79. The summed E-state index contributed by atoms with van der Waals surface area (Å²) in [6.45, 7) is 5.55. The van der Waals surface area contributed by atoms with E-state index in [2.05, 4.69) is 29.1 Å². The Morgan fingerprint density at radius 2 is 2.29 bits per heavy atom. The lowest BCUT2D eigenvalue weighted by Crippen LogP contribution is -2.17. The standard InChI is InChI=1S/C12H19N3O2/c1-8(2)12-14-10(13-3)6-11(15-12)17-9-4-5-16-7-9/h6,8-9H,4-5,7H2,1-3H3,(H,13,14,15). The molecule has 17 heavy (non-hydrogen) atoms. The molecule has 0 saturated carbocycles. The molecule has 1 aromatic rings. The highest BCUT2D eigenvalue weighted by Crippen LogP contribution is 2.20. The van der Waals surface area contributed by atoms with Crippen LogP contribution in [0.3, 0.4) is 0 Å². The van der Waals surface area contributed by atoms with Gasteiger partial charge in [0.2, 0.25) is 5.88 Å². The van der Waals surface area contributed by atoms with Crippen LogP contribution < -0.4 is 10.1 Å². The molecule has 1 unspecified atom stereocenters. The first-order valence-electron chi connectivity index (χ1n) is 6.00. The number of nitrogens with zero attached hydrogens (tertiary/aromatic N) is 2. The second-order valence-corrected chi connectivity index (χ2v) is 4.46. The molecule has 5 heteroatoms. The molecule has 0 aromatic carbocycles. The lowest BCUT2D eigenvalue weighted by molar-refractivity contribution is 0.137. The number of aromatic nitrogens is 2. The molecular formula is C12H19N3O2. The summed E-state index contributed by atoms with van der Waals surface area (Å²) in [5.74, 6) is 2.50. The molecule has 0 amide bonds. The number of anilines is 1. The van der Waals surface area contributed by atoms with Crippen LogP contribution in [-0.2, 0) is 4.74 Å². The molecule has 2 heterocycles. The van der Waals surface area contributed by atoms with E-state index in [1.165, 1.54) is 0 Å². The van der Waals surface area contributed by atoms with E-state index in [1.807, 2.05) is 13.1 Å². The lowest BCUT2D eigenvalue weighted by Gasteiger charge is -2.14. The second-order valence-electron chi connectivity index (χ2n) is 4.46. The van der Waals surface area contributed by atoms with Crippen LogP contribution in [0.5, 0.6) is 5.88 Å². The first-order valence-corrected chi connectivity index (χ1v) is 6.00. The molecule has 1 atom stereocenters. The minimum Gasteiger partial charge on any atom is -0.472 e. The van der Waals surface area contributed by atoms with E-state index < -0.39 is 0 Å². The predicted molar refractivity (Wildman–Crippen MR) is 65.5 cm³/mol. The number of hydrogen-bond donors (Lipinski definition) is 1. The van der Waals surface area contributed by atoms with Crippen LogP contribution in [0.1, 0.15) is 32.0 Å². The molecule has 1 aliphatic rings. The Balaban J connectivity index is 2.16. The Morgan fingerprint density at radius 1 is 1.47 bits per heavy atom. The van der Waals surface area contributed by atoms with Crippen molar-refractivity contribution in [2.24, 2.45) is 0 Å². The van der Waals surface area contributed by atoms with Gasteiger partial charge >= 0.3 is 0 Å². The predicted octanol–water partition coefficient (Wildman–Crippen LogP) is 1.81. The van der Waals surface area contributed by atoms with Gasteiger partial charge in [-0.1, -0.05) is 13.8 Å². The van der Waals surface area contributed by atoms with Crippen LogP contribution in [0, 0.1) is 0 Å². The number of nitrogens with one attached hydrogen (secondary N) is 1. The first-order chi connectivity index (χ1) is 8.19. The first kappa shape index (κ1) is 12.1. The average Bonchev–Trinajstić information content (AvgIpc) is 2.81. The Hall–Kier alpha value is -1.36. The van der Waals surface area contributed by atoms with Crippen LogP contribution >= 0.6 is 0 Å². The summed E-state index contributed by atoms with van der Waals surface area (Å²) in [7, 11) is 1.84. The summed E-state index contributed by atoms with van der Waals surface area (Å²) in [5, 5.41) is 3.03. The number of rotatable bonds is 4. The van der Waals surface area contributed by atoms with E-state index in [4.69, 9.17) is 9.47 Å². The van der Waals surface area contributed by atoms with Gasteiger partial charge in [-0.05, 0) is 0 Å². The van der Waals surface area contributed by atoms with Gasteiger partial charge in [0.1, 0.15) is 17.7 Å². The Labute approximate surface area is 102 Å². The summed E-state index contributed by atoms with van der Waals surface area (Å²) >= 11 is 0. The highest BCUT2D eigenvalue weighted by Gasteiger charge is 2.18. The fourth-order valence-electron chi connectivity index (χ4n) is 1.67. The zero-order valence-corrected chi connectivity index (χ0v) is 10.6. The third kappa shape index (κ3) is 3.06. The van der Waals surface area contributed by atoms with Crippen molar-refractivity contribution in [1.29, 1.82) is 0 Å². The SMILES string of the molecule is CNc1cc(OC2CCOC2)nc(C(C)C)n1. The van der Waals surface area contributed by atoms with E-state index in [0.717, 1.165) is 24.7 Å². The zero-order valence-electron chi connectivity index (χ0n) is 10.6. The molecule has 0 bridgehead atoms. The molecule has 2 rings (SSSR count). The van der Waals surface area contributed by atoms with Crippen LogP contribution in [0.2, 0.25) is 0 Å². The minimum absolute atomic E-state index is 0.120. The highest BCUT2D eigenvalue weighted by atomic mass is 16.5. The van der Waals surface area contributed by atoms with Crippen molar-refractivity contribution in [2.75, 3.05) is 25.6 Å². The minimum atomic E-state index is 0.120. The molecule has 1 aliphatic heterocycles. The summed E-state index contributed by atoms with van der Waals surface area (Å²) in [4.78, 5) is 8.81. The summed E-state index contributed by atoms with van der Waals surface area (Å²) in [6, 6.07) is 1.82. The number of ether oxygens (including phenoxy) is 2. The Morgan fingerprint density at radius 3 is 2.88 bits per heavy atom. The molecule has 0 spiro atoms. The van der Waals surface area contributed by atoms with Gasteiger partial charge in [-0.3, -0.25) is 0 Å². The second kappa shape index (κ2) is 5.31. The van der Waals surface area contributed by atoms with Crippen molar-refractivity contribution in [3.63, 3.8) is 0 Å². The molecule has 5 nitrogen and oxygen atoms in total. The topological polar surface area (TPSA) is 56.3 Å². The van der Waals surface area contributed by atoms with Crippen molar-refractivity contribution in [3.8, 4) is 5.88 Å². The van der Waals surface area contributed by atoms with Crippen molar-refractivity contribution in [1.82, 2.24) is 9.97 Å². The van der Waals surface area contributed by atoms with Gasteiger partial charge in [-0.25, -0.2) is 4.98 Å². The largest absolute Gasteiger partial charge is 0.472 e. The highest BCUT2D eigenvalue weighted by molar-refractivity contribution is 5.38. The van der Waals surface area contributed by atoms with E-state index in [1.54, 1.807) is 0 Å². The summed E-state index contributed by atoms with van der Waals surface area (Å²) in [5.41, 5.74) is 0. The van der Waals surface area contributed by atoms with Crippen molar-refractivity contribution in [2.45, 2.75) is 32.3 Å². The van der Waals surface area contributed by atoms with Gasteiger partial charge in [0, 0.05) is 25.5 Å². The van der Waals surface area contributed by atoms with Crippen LogP contribution in [-0.4, -0.2) is 36.3 Å². The van der Waals surface area contributed by atoms with Gasteiger partial charge in [0.05, 0.1) is 13.2 Å². The molecule has 0 radical (unpaired) electrons. The molecule has 1 fully saturated rings. The van der Waals surface area contributed by atoms with Gasteiger partial charge in [-0.2, -0.15) is 4.98 Å². The normalized spacial score (nSPS) is 19.6. The van der Waals surface area contributed by atoms with Crippen molar-refractivity contribution in [3.05, 3.63) is 11.9 Å². The van der Waals surface area contributed by atoms with Crippen molar-refractivity contribution >= 4 is 5.82 Å².